The van der Waals surface area contributed by atoms with Gasteiger partial charge in [-0.05, 0) is 38.1 Å². The predicted molar refractivity (Wildman–Crippen MR) is 65.1 cm³/mol. The number of fused-ring (bicyclic) bond motifs is 2. The van der Waals surface area contributed by atoms with Crippen molar-refractivity contribution in [1.82, 2.24) is 10.2 Å². The van der Waals surface area contributed by atoms with Crippen LogP contribution in [0.5, 0.6) is 0 Å². The van der Waals surface area contributed by atoms with Gasteiger partial charge >= 0.3 is 0 Å². The van der Waals surface area contributed by atoms with E-state index in [1.807, 2.05) is 0 Å². The molecule has 0 spiro atoms. The third-order valence-corrected chi connectivity index (χ3v) is 3.95. The van der Waals surface area contributed by atoms with Gasteiger partial charge in [-0.2, -0.15) is 0 Å². The Morgan fingerprint density at radius 1 is 1.20 bits per heavy atom. The molecule has 2 atom stereocenters. The minimum atomic E-state index is 0.802. The van der Waals surface area contributed by atoms with Crippen LogP contribution in [0.2, 0.25) is 0 Å². The molecule has 0 aromatic heterocycles. The first kappa shape index (κ1) is 11.4. The van der Waals surface area contributed by atoms with Crippen LogP contribution in [0.25, 0.3) is 0 Å². The van der Waals surface area contributed by atoms with Crippen LogP contribution in [0.3, 0.4) is 0 Å². The zero-order chi connectivity index (χ0) is 10.8. The zero-order valence-electron chi connectivity index (χ0n) is 10.5. The topological polar surface area (TPSA) is 15.3 Å². The quantitative estimate of drug-likeness (QED) is 0.765. The fraction of sp³-hybridized carbons (Fsp3) is 1.00. The van der Waals surface area contributed by atoms with Crippen molar-refractivity contribution in [3.63, 3.8) is 0 Å². The van der Waals surface area contributed by atoms with Gasteiger partial charge in [0.1, 0.15) is 0 Å². The van der Waals surface area contributed by atoms with Crippen LogP contribution in [-0.2, 0) is 0 Å². The third kappa shape index (κ3) is 2.54. The first-order valence-electron chi connectivity index (χ1n) is 6.69. The molecular formula is C13H26N2. The molecule has 2 rings (SSSR count). The lowest BCUT2D eigenvalue weighted by atomic mass is 9.96. The summed E-state index contributed by atoms with van der Waals surface area (Å²) >= 11 is 0. The van der Waals surface area contributed by atoms with E-state index in [0.717, 1.165) is 30.6 Å². The third-order valence-electron chi connectivity index (χ3n) is 3.95. The van der Waals surface area contributed by atoms with E-state index in [9.17, 15) is 0 Å². The van der Waals surface area contributed by atoms with Crippen LogP contribution < -0.4 is 5.32 Å². The molecule has 2 heterocycles. The van der Waals surface area contributed by atoms with Gasteiger partial charge in [0.2, 0.25) is 0 Å². The van der Waals surface area contributed by atoms with E-state index in [1.54, 1.807) is 0 Å². The molecule has 2 fully saturated rings. The van der Waals surface area contributed by atoms with Crippen LogP contribution in [0.4, 0.5) is 0 Å². The van der Waals surface area contributed by atoms with Crippen molar-refractivity contribution in [2.24, 2.45) is 5.92 Å². The second-order valence-electron chi connectivity index (χ2n) is 5.70. The number of piperidine rings is 1. The van der Waals surface area contributed by atoms with Crippen molar-refractivity contribution < 1.29 is 0 Å². The van der Waals surface area contributed by atoms with Crippen molar-refractivity contribution in [2.75, 3.05) is 13.1 Å². The lowest BCUT2D eigenvalue weighted by Crippen LogP contribution is -2.50. The zero-order valence-corrected chi connectivity index (χ0v) is 10.5. The highest BCUT2D eigenvalue weighted by atomic mass is 15.2. The Hall–Kier alpha value is -0.0800. The average Bonchev–Trinajstić information content (AvgIpc) is 2.43. The summed E-state index contributed by atoms with van der Waals surface area (Å²) in [5.74, 6) is 0.823. The summed E-state index contributed by atoms with van der Waals surface area (Å²) in [6.07, 6.45) is 5.66. The number of hydrogen-bond acceptors (Lipinski definition) is 2. The van der Waals surface area contributed by atoms with Crippen molar-refractivity contribution >= 4 is 0 Å². The van der Waals surface area contributed by atoms with E-state index in [2.05, 4.69) is 31.0 Å². The highest BCUT2D eigenvalue weighted by molar-refractivity contribution is 4.97. The molecule has 2 aliphatic heterocycles. The molecule has 0 saturated carbocycles. The van der Waals surface area contributed by atoms with E-state index < -0.39 is 0 Å². The molecule has 88 valence electrons. The van der Waals surface area contributed by atoms with Gasteiger partial charge in [-0.25, -0.2) is 0 Å². The van der Waals surface area contributed by atoms with Crippen LogP contribution in [0.1, 0.15) is 46.5 Å². The summed E-state index contributed by atoms with van der Waals surface area (Å²) in [5, 5.41) is 3.63. The smallest absolute Gasteiger partial charge is 0.0114 e. The summed E-state index contributed by atoms with van der Waals surface area (Å²) < 4.78 is 0. The Morgan fingerprint density at radius 2 is 1.80 bits per heavy atom. The Balaban J connectivity index is 1.91. The summed E-state index contributed by atoms with van der Waals surface area (Å²) in [4.78, 5) is 2.79. The van der Waals surface area contributed by atoms with Crippen molar-refractivity contribution in [3.8, 4) is 0 Å². The highest BCUT2D eigenvalue weighted by Crippen LogP contribution is 2.36. The van der Waals surface area contributed by atoms with Gasteiger partial charge in [0.15, 0.2) is 0 Å². The maximum atomic E-state index is 3.63. The maximum absolute atomic E-state index is 3.63. The second kappa shape index (κ2) is 4.84. The van der Waals surface area contributed by atoms with E-state index in [4.69, 9.17) is 0 Å². The summed E-state index contributed by atoms with van der Waals surface area (Å²) in [6.45, 7) is 9.36. The number of rotatable bonds is 4. The molecule has 2 unspecified atom stereocenters. The minimum absolute atomic E-state index is 0.802. The fourth-order valence-electron chi connectivity index (χ4n) is 3.45. The summed E-state index contributed by atoms with van der Waals surface area (Å²) in [7, 11) is 0. The molecule has 0 aromatic rings. The first-order valence-corrected chi connectivity index (χ1v) is 6.69. The van der Waals surface area contributed by atoms with Gasteiger partial charge in [0.25, 0.3) is 0 Å². The standard InChI is InChI=1S/C13H26N2/c1-4-14-11-7-12-5-6-13(8-11)15(12)9-10(2)3/h10-14H,4-9H2,1-3H3. The first-order chi connectivity index (χ1) is 7.20. The molecule has 0 amide bonds. The summed E-state index contributed by atoms with van der Waals surface area (Å²) in [5.41, 5.74) is 0. The Kier molecular flexibility index (Phi) is 3.68. The number of nitrogens with one attached hydrogen (secondary N) is 1. The van der Waals surface area contributed by atoms with Crippen LogP contribution >= 0.6 is 0 Å². The molecule has 2 nitrogen and oxygen atoms in total. The van der Waals surface area contributed by atoms with Gasteiger partial charge in [0.05, 0.1) is 0 Å². The van der Waals surface area contributed by atoms with Crippen LogP contribution in [0.15, 0.2) is 0 Å². The van der Waals surface area contributed by atoms with Crippen LogP contribution in [-0.4, -0.2) is 36.1 Å². The lowest BCUT2D eigenvalue weighted by Gasteiger charge is -2.40. The van der Waals surface area contributed by atoms with Crippen molar-refractivity contribution in [1.29, 1.82) is 0 Å². The minimum Gasteiger partial charge on any atom is -0.314 e. The fourth-order valence-corrected chi connectivity index (χ4v) is 3.45. The molecule has 15 heavy (non-hydrogen) atoms. The molecule has 2 aliphatic rings. The second-order valence-corrected chi connectivity index (χ2v) is 5.70. The van der Waals surface area contributed by atoms with Gasteiger partial charge < -0.3 is 5.32 Å². The van der Waals surface area contributed by atoms with Gasteiger partial charge in [-0.15, -0.1) is 0 Å². The normalized spacial score (nSPS) is 36.4. The molecule has 2 bridgehead atoms. The highest BCUT2D eigenvalue weighted by Gasteiger charge is 2.40. The Labute approximate surface area is 94.4 Å². The SMILES string of the molecule is CCNC1CC2CCC(C1)N2CC(C)C. The van der Waals surface area contributed by atoms with E-state index >= 15 is 0 Å². The number of nitrogens with zero attached hydrogens (tertiary/aromatic N) is 1. The largest absolute Gasteiger partial charge is 0.314 e. The van der Waals surface area contributed by atoms with E-state index in [0.29, 0.717) is 0 Å². The molecular weight excluding hydrogens is 184 g/mol. The maximum Gasteiger partial charge on any atom is 0.0114 e. The lowest BCUT2D eigenvalue weighted by molar-refractivity contribution is 0.104. The number of hydrogen-bond donors (Lipinski definition) is 1. The Bertz CT molecular complexity index is 189. The summed E-state index contributed by atoms with van der Waals surface area (Å²) in [6, 6.07) is 2.57. The molecule has 2 heteroatoms. The Morgan fingerprint density at radius 3 is 2.27 bits per heavy atom. The molecule has 0 radical (unpaired) electrons. The van der Waals surface area contributed by atoms with Crippen LogP contribution in [0, 0.1) is 5.92 Å². The molecule has 0 aliphatic carbocycles. The van der Waals surface area contributed by atoms with E-state index in [-0.39, 0.29) is 0 Å². The van der Waals surface area contributed by atoms with Crippen molar-refractivity contribution in [3.05, 3.63) is 0 Å². The molecule has 2 saturated heterocycles. The average molecular weight is 210 g/mol. The van der Waals surface area contributed by atoms with Gasteiger partial charge in [-0.1, -0.05) is 20.8 Å². The molecule has 0 aromatic carbocycles. The predicted octanol–water partition coefficient (Wildman–Crippen LogP) is 2.25. The van der Waals surface area contributed by atoms with Gasteiger partial charge in [0, 0.05) is 24.7 Å². The van der Waals surface area contributed by atoms with E-state index in [1.165, 1.54) is 32.2 Å². The molecule has 1 N–H and O–H groups in total. The van der Waals surface area contributed by atoms with Gasteiger partial charge in [-0.3, -0.25) is 4.90 Å². The monoisotopic (exact) mass is 210 g/mol. The van der Waals surface area contributed by atoms with Crippen molar-refractivity contribution in [2.45, 2.75) is 64.6 Å².